The molecule has 0 bridgehead atoms. The van der Waals surface area contributed by atoms with Crippen LogP contribution in [0.15, 0.2) is 64.1 Å². The highest BCUT2D eigenvalue weighted by Crippen LogP contribution is 2.39. The summed E-state index contributed by atoms with van der Waals surface area (Å²) in [6.07, 6.45) is 3.42. The summed E-state index contributed by atoms with van der Waals surface area (Å²) >= 11 is 10.2. The summed E-state index contributed by atoms with van der Waals surface area (Å²) in [5.41, 5.74) is 2.10. The standard InChI is InChI=1S/C19H11BrN2O2S2/c20-14-6-7-15(17-13(14)5-2-8-21-17)22-18(24)16(26-19(22)25)10-11-3-1-4-12(23)9-11/h1-10,23H/b16-10-. The Balaban J connectivity index is 1.79. The van der Waals surface area contributed by atoms with Gasteiger partial charge in [-0.15, -0.1) is 0 Å². The number of benzene rings is 2. The van der Waals surface area contributed by atoms with Crippen LogP contribution in [0.1, 0.15) is 5.56 Å². The van der Waals surface area contributed by atoms with Gasteiger partial charge in [0.2, 0.25) is 0 Å². The lowest BCUT2D eigenvalue weighted by Crippen LogP contribution is -2.27. The lowest BCUT2D eigenvalue weighted by molar-refractivity contribution is -0.113. The van der Waals surface area contributed by atoms with Gasteiger partial charge in [0.15, 0.2) is 4.32 Å². The summed E-state index contributed by atoms with van der Waals surface area (Å²) < 4.78 is 1.36. The van der Waals surface area contributed by atoms with E-state index >= 15 is 0 Å². The Kier molecular flexibility index (Phi) is 4.52. The Bertz CT molecular complexity index is 1100. The lowest BCUT2D eigenvalue weighted by Gasteiger charge is -2.17. The minimum atomic E-state index is -0.197. The number of carbonyl (C=O) groups is 1. The highest BCUT2D eigenvalue weighted by atomic mass is 79.9. The number of amides is 1. The number of fused-ring (bicyclic) bond motifs is 1. The van der Waals surface area contributed by atoms with Crippen LogP contribution in [0.2, 0.25) is 0 Å². The first-order valence-corrected chi connectivity index (χ1v) is 9.66. The minimum Gasteiger partial charge on any atom is -0.508 e. The third-order valence-electron chi connectivity index (χ3n) is 3.90. The normalized spacial score (nSPS) is 16.0. The molecule has 0 atom stereocenters. The molecule has 4 rings (SSSR count). The Labute approximate surface area is 167 Å². The van der Waals surface area contributed by atoms with Crippen LogP contribution >= 0.6 is 39.9 Å². The molecule has 1 saturated heterocycles. The van der Waals surface area contributed by atoms with Gasteiger partial charge in [-0.1, -0.05) is 58.1 Å². The van der Waals surface area contributed by atoms with Crippen LogP contribution in [0.5, 0.6) is 5.75 Å². The fourth-order valence-electron chi connectivity index (χ4n) is 2.74. The number of phenols is 1. The molecule has 1 aliphatic rings. The Morgan fingerprint density at radius 3 is 2.85 bits per heavy atom. The fourth-order valence-corrected chi connectivity index (χ4v) is 4.48. The van der Waals surface area contributed by atoms with Gasteiger partial charge in [0.05, 0.1) is 16.1 Å². The summed E-state index contributed by atoms with van der Waals surface area (Å²) in [4.78, 5) is 19.4. The van der Waals surface area contributed by atoms with Gasteiger partial charge in [0.25, 0.3) is 5.91 Å². The van der Waals surface area contributed by atoms with Gasteiger partial charge < -0.3 is 5.11 Å². The summed E-state index contributed by atoms with van der Waals surface area (Å²) in [6, 6.07) is 14.2. The van der Waals surface area contributed by atoms with Crippen molar-refractivity contribution in [3.05, 3.63) is 69.7 Å². The molecule has 0 spiro atoms. The molecule has 1 aliphatic heterocycles. The molecule has 7 heteroatoms. The van der Waals surface area contributed by atoms with Crippen LogP contribution < -0.4 is 4.90 Å². The molecule has 1 fully saturated rings. The molecule has 1 N–H and O–H groups in total. The molecule has 128 valence electrons. The second-order valence-corrected chi connectivity index (χ2v) is 8.11. The van der Waals surface area contributed by atoms with Crippen LogP contribution in [-0.4, -0.2) is 20.3 Å². The second kappa shape index (κ2) is 6.83. The van der Waals surface area contributed by atoms with Crippen molar-refractivity contribution in [3.63, 3.8) is 0 Å². The Morgan fingerprint density at radius 1 is 1.19 bits per heavy atom. The number of aromatic hydroxyl groups is 1. The van der Waals surface area contributed by atoms with E-state index in [0.29, 0.717) is 20.4 Å². The molecule has 2 heterocycles. The number of carbonyl (C=O) groups excluding carboxylic acids is 1. The van der Waals surface area contributed by atoms with E-state index in [4.69, 9.17) is 12.2 Å². The first kappa shape index (κ1) is 17.2. The number of thiocarbonyl (C=S) groups is 1. The largest absolute Gasteiger partial charge is 0.508 e. The maximum absolute atomic E-state index is 13.0. The average molecular weight is 443 g/mol. The number of pyridine rings is 1. The fraction of sp³-hybridized carbons (Fsp3) is 0. The highest BCUT2D eigenvalue weighted by Gasteiger charge is 2.34. The Hall–Kier alpha value is -2.22. The number of anilines is 1. The molecule has 0 unspecified atom stereocenters. The molecule has 26 heavy (non-hydrogen) atoms. The van der Waals surface area contributed by atoms with E-state index in [0.717, 1.165) is 15.4 Å². The lowest BCUT2D eigenvalue weighted by atomic mass is 10.1. The highest BCUT2D eigenvalue weighted by molar-refractivity contribution is 9.10. The first-order valence-electron chi connectivity index (χ1n) is 7.65. The van der Waals surface area contributed by atoms with Crippen LogP contribution in [0.4, 0.5) is 5.69 Å². The van der Waals surface area contributed by atoms with E-state index in [1.165, 1.54) is 16.7 Å². The number of halogens is 1. The van der Waals surface area contributed by atoms with Crippen molar-refractivity contribution in [1.82, 2.24) is 4.98 Å². The summed E-state index contributed by atoms with van der Waals surface area (Å²) in [7, 11) is 0. The van der Waals surface area contributed by atoms with Crippen molar-refractivity contribution in [2.75, 3.05) is 4.90 Å². The van der Waals surface area contributed by atoms with E-state index in [2.05, 4.69) is 20.9 Å². The van der Waals surface area contributed by atoms with Crippen molar-refractivity contribution < 1.29 is 9.90 Å². The van der Waals surface area contributed by atoms with Gasteiger partial charge in [-0.25, -0.2) is 0 Å². The zero-order valence-electron chi connectivity index (χ0n) is 13.2. The minimum absolute atomic E-state index is 0.150. The zero-order chi connectivity index (χ0) is 18.3. The van der Waals surface area contributed by atoms with Crippen LogP contribution in [0, 0.1) is 0 Å². The first-order chi connectivity index (χ1) is 12.5. The summed E-state index contributed by atoms with van der Waals surface area (Å²) in [5, 5.41) is 10.5. The van der Waals surface area contributed by atoms with Gasteiger partial charge in [0, 0.05) is 16.1 Å². The van der Waals surface area contributed by atoms with E-state index in [1.807, 2.05) is 30.3 Å². The second-order valence-electron chi connectivity index (χ2n) is 5.58. The predicted octanol–water partition coefficient (Wildman–Crippen LogP) is 5.11. The molecule has 1 aromatic heterocycles. The van der Waals surface area contributed by atoms with Crippen LogP contribution in [-0.2, 0) is 4.79 Å². The third-order valence-corrected chi connectivity index (χ3v) is 5.89. The SMILES string of the molecule is O=C1/C(=C/c2cccc(O)c2)SC(=S)N1c1ccc(Br)c2cccnc12. The number of rotatable bonds is 2. The van der Waals surface area contributed by atoms with E-state index in [1.54, 1.807) is 30.5 Å². The number of nitrogens with zero attached hydrogens (tertiary/aromatic N) is 2. The number of hydrogen-bond donors (Lipinski definition) is 1. The summed E-state index contributed by atoms with van der Waals surface area (Å²) in [6.45, 7) is 0. The molecule has 0 aliphatic carbocycles. The molecular formula is C19H11BrN2O2S2. The number of thioether (sulfide) groups is 1. The van der Waals surface area contributed by atoms with Crippen molar-refractivity contribution in [2.24, 2.45) is 0 Å². The number of aromatic nitrogens is 1. The van der Waals surface area contributed by atoms with Gasteiger partial charge >= 0.3 is 0 Å². The van der Waals surface area contributed by atoms with Crippen LogP contribution in [0.25, 0.3) is 17.0 Å². The molecular weight excluding hydrogens is 432 g/mol. The zero-order valence-corrected chi connectivity index (χ0v) is 16.4. The smallest absolute Gasteiger partial charge is 0.270 e. The average Bonchev–Trinajstić information content (AvgIpc) is 2.90. The van der Waals surface area contributed by atoms with Crippen molar-refractivity contribution in [3.8, 4) is 5.75 Å². The molecule has 4 nitrogen and oxygen atoms in total. The monoisotopic (exact) mass is 442 g/mol. The quantitative estimate of drug-likeness (QED) is 0.441. The predicted molar refractivity (Wildman–Crippen MR) is 113 cm³/mol. The van der Waals surface area contributed by atoms with Crippen molar-refractivity contribution >= 4 is 72.8 Å². The number of hydrogen-bond acceptors (Lipinski definition) is 5. The maximum atomic E-state index is 13.0. The summed E-state index contributed by atoms with van der Waals surface area (Å²) in [5.74, 6) is -0.0463. The Morgan fingerprint density at radius 2 is 2.04 bits per heavy atom. The maximum Gasteiger partial charge on any atom is 0.270 e. The van der Waals surface area contributed by atoms with Crippen LogP contribution in [0.3, 0.4) is 0 Å². The third kappa shape index (κ3) is 3.02. The van der Waals surface area contributed by atoms with E-state index < -0.39 is 0 Å². The van der Waals surface area contributed by atoms with Crippen molar-refractivity contribution in [1.29, 1.82) is 0 Å². The molecule has 1 amide bonds. The number of phenolic OH excluding ortho intramolecular Hbond substituents is 1. The van der Waals surface area contributed by atoms with Crippen molar-refractivity contribution in [2.45, 2.75) is 0 Å². The molecule has 0 radical (unpaired) electrons. The van der Waals surface area contributed by atoms with Gasteiger partial charge in [-0.3, -0.25) is 14.7 Å². The van der Waals surface area contributed by atoms with Gasteiger partial charge in [0.1, 0.15) is 5.75 Å². The van der Waals surface area contributed by atoms with E-state index in [-0.39, 0.29) is 11.7 Å². The molecule has 2 aromatic carbocycles. The topological polar surface area (TPSA) is 53.4 Å². The molecule has 0 saturated carbocycles. The van der Waals surface area contributed by atoms with Gasteiger partial charge in [-0.2, -0.15) is 0 Å². The molecule has 3 aromatic rings. The van der Waals surface area contributed by atoms with E-state index in [9.17, 15) is 9.90 Å². The van der Waals surface area contributed by atoms with Gasteiger partial charge in [-0.05, 0) is 42.0 Å².